The Hall–Kier alpha value is -1.04. The van der Waals surface area contributed by atoms with Crippen LogP contribution in [0.2, 0.25) is 0 Å². The number of aromatic hydroxyl groups is 1. The quantitative estimate of drug-likeness (QED) is 0.601. The first kappa shape index (κ1) is 9.52. The third kappa shape index (κ3) is 1.30. The van der Waals surface area contributed by atoms with Gasteiger partial charge in [0.25, 0.3) is 0 Å². The van der Waals surface area contributed by atoms with E-state index in [-0.39, 0.29) is 11.2 Å². The van der Waals surface area contributed by atoms with E-state index < -0.39 is 7.12 Å². The highest BCUT2D eigenvalue weighted by molar-refractivity contribution is 7.19. The van der Waals surface area contributed by atoms with Gasteiger partial charge in [0.15, 0.2) is 0 Å². The molecule has 0 aliphatic rings. The van der Waals surface area contributed by atoms with Gasteiger partial charge in [0, 0.05) is 10.2 Å². The Morgan fingerprint density at radius 3 is 2.64 bits per heavy atom. The minimum atomic E-state index is -1.63. The van der Waals surface area contributed by atoms with Crippen molar-refractivity contribution < 1.29 is 15.2 Å². The van der Waals surface area contributed by atoms with Gasteiger partial charge in [-0.15, -0.1) is 11.3 Å². The van der Waals surface area contributed by atoms with E-state index in [0.717, 1.165) is 15.6 Å². The van der Waals surface area contributed by atoms with Crippen molar-refractivity contribution in [2.24, 2.45) is 0 Å². The number of phenols is 1. The molecule has 72 valence electrons. The predicted molar refractivity (Wildman–Crippen MR) is 58.1 cm³/mol. The summed E-state index contributed by atoms with van der Waals surface area (Å²) < 4.78 is 0.734. The van der Waals surface area contributed by atoms with Crippen molar-refractivity contribution in [2.45, 2.75) is 6.92 Å². The highest BCUT2D eigenvalue weighted by Gasteiger charge is 2.20. The third-order valence-electron chi connectivity index (χ3n) is 2.21. The topological polar surface area (TPSA) is 60.7 Å². The van der Waals surface area contributed by atoms with Gasteiger partial charge in [-0.3, -0.25) is 0 Å². The molecule has 1 heterocycles. The summed E-state index contributed by atoms with van der Waals surface area (Å²) in [5, 5.41) is 30.6. The lowest BCUT2D eigenvalue weighted by Gasteiger charge is -2.04. The molecular formula is C9H9BO3S. The standard InChI is InChI=1S/C9H9BO3S/c1-5-4-14-9-6(5)2-3-7(11)8(9)10(12)13/h2-4,11-13H,1H3. The second kappa shape index (κ2) is 3.27. The fourth-order valence-corrected chi connectivity index (χ4v) is 2.60. The lowest BCUT2D eigenvalue weighted by Crippen LogP contribution is -2.30. The van der Waals surface area contributed by atoms with Gasteiger partial charge in [-0.2, -0.15) is 0 Å². The van der Waals surface area contributed by atoms with Crippen LogP contribution in [0.5, 0.6) is 5.75 Å². The Bertz CT molecular complexity index is 478. The van der Waals surface area contributed by atoms with Gasteiger partial charge in [-0.05, 0) is 35.4 Å². The van der Waals surface area contributed by atoms with E-state index in [1.807, 2.05) is 12.3 Å². The Morgan fingerprint density at radius 2 is 2.00 bits per heavy atom. The Morgan fingerprint density at radius 1 is 1.29 bits per heavy atom. The summed E-state index contributed by atoms with van der Waals surface area (Å²) in [6.45, 7) is 1.95. The van der Waals surface area contributed by atoms with Crippen molar-refractivity contribution in [2.75, 3.05) is 0 Å². The number of hydrogen-bond acceptors (Lipinski definition) is 4. The fourth-order valence-electron chi connectivity index (χ4n) is 1.49. The zero-order valence-electron chi connectivity index (χ0n) is 7.56. The van der Waals surface area contributed by atoms with Crippen LogP contribution in [0.25, 0.3) is 10.1 Å². The van der Waals surface area contributed by atoms with E-state index in [1.54, 1.807) is 6.07 Å². The average molecular weight is 208 g/mol. The average Bonchev–Trinajstić information content (AvgIpc) is 2.47. The highest BCUT2D eigenvalue weighted by atomic mass is 32.1. The second-order valence-electron chi connectivity index (χ2n) is 3.17. The summed E-state index contributed by atoms with van der Waals surface area (Å²) in [6, 6.07) is 3.26. The first-order chi connectivity index (χ1) is 6.61. The molecule has 2 aromatic rings. The molecule has 0 amide bonds. The van der Waals surface area contributed by atoms with Crippen LogP contribution in [-0.4, -0.2) is 22.3 Å². The number of fused-ring (bicyclic) bond motifs is 1. The van der Waals surface area contributed by atoms with E-state index in [1.165, 1.54) is 17.4 Å². The lowest BCUT2D eigenvalue weighted by molar-refractivity contribution is 0.420. The smallest absolute Gasteiger partial charge is 0.493 e. The van der Waals surface area contributed by atoms with Crippen LogP contribution in [0.4, 0.5) is 0 Å². The number of thiophene rings is 1. The van der Waals surface area contributed by atoms with Crippen LogP contribution in [0.1, 0.15) is 5.56 Å². The fraction of sp³-hybridized carbons (Fsp3) is 0.111. The van der Waals surface area contributed by atoms with Crippen molar-refractivity contribution >= 4 is 34.0 Å². The summed E-state index contributed by atoms with van der Waals surface area (Å²) in [4.78, 5) is 0. The molecular weight excluding hydrogens is 199 g/mol. The first-order valence-corrected chi connectivity index (χ1v) is 5.05. The molecule has 2 rings (SSSR count). The van der Waals surface area contributed by atoms with E-state index in [4.69, 9.17) is 10.0 Å². The minimum absolute atomic E-state index is 0.0747. The molecule has 0 spiro atoms. The van der Waals surface area contributed by atoms with Gasteiger partial charge >= 0.3 is 7.12 Å². The molecule has 3 nitrogen and oxygen atoms in total. The zero-order valence-corrected chi connectivity index (χ0v) is 8.38. The Balaban J connectivity index is 2.83. The number of aryl methyl sites for hydroxylation is 1. The van der Waals surface area contributed by atoms with Crippen LogP contribution >= 0.6 is 11.3 Å². The molecule has 1 aromatic carbocycles. The van der Waals surface area contributed by atoms with E-state index in [0.29, 0.717) is 0 Å². The van der Waals surface area contributed by atoms with Gasteiger partial charge in [-0.1, -0.05) is 0 Å². The molecule has 0 unspecified atom stereocenters. The monoisotopic (exact) mass is 208 g/mol. The number of phenolic OH excluding ortho intramolecular Hbond substituents is 1. The van der Waals surface area contributed by atoms with Crippen molar-refractivity contribution in [3.05, 3.63) is 23.1 Å². The van der Waals surface area contributed by atoms with Crippen LogP contribution < -0.4 is 5.46 Å². The molecule has 14 heavy (non-hydrogen) atoms. The third-order valence-corrected chi connectivity index (χ3v) is 3.36. The molecule has 0 aliphatic heterocycles. The second-order valence-corrected chi connectivity index (χ2v) is 4.05. The first-order valence-electron chi connectivity index (χ1n) is 4.17. The Kier molecular flexibility index (Phi) is 2.22. The van der Waals surface area contributed by atoms with Crippen molar-refractivity contribution in [1.29, 1.82) is 0 Å². The maximum absolute atomic E-state index is 9.47. The zero-order chi connectivity index (χ0) is 10.3. The van der Waals surface area contributed by atoms with Crippen LogP contribution in [-0.2, 0) is 0 Å². The molecule has 5 heteroatoms. The van der Waals surface area contributed by atoms with Crippen molar-refractivity contribution in [3.8, 4) is 5.75 Å². The maximum Gasteiger partial charge on any atom is 0.493 e. The summed E-state index contributed by atoms with van der Waals surface area (Å²) in [6.07, 6.45) is 0. The minimum Gasteiger partial charge on any atom is -0.508 e. The number of hydrogen-bond donors (Lipinski definition) is 3. The molecule has 0 bridgehead atoms. The molecule has 3 N–H and O–H groups in total. The van der Waals surface area contributed by atoms with Crippen molar-refractivity contribution in [3.63, 3.8) is 0 Å². The SMILES string of the molecule is Cc1csc2c(B(O)O)c(O)ccc12. The molecule has 0 aliphatic carbocycles. The summed E-state index contributed by atoms with van der Waals surface area (Å²) in [5.41, 5.74) is 1.27. The van der Waals surface area contributed by atoms with E-state index in [2.05, 4.69) is 0 Å². The van der Waals surface area contributed by atoms with Gasteiger partial charge < -0.3 is 15.2 Å². The number of rotatable bonds is 1. The van der Waals surface area contributed by atoms with Gasteiger partial charge in [0.05, 0.1) is 0 Å². The molecule has 0 radical (unpaired) electrons. The van der Waals surface area contributed by atoms with Crippen molar-refractivity contribution in [1.82, 2.24) is 0 Å². The van der Waals surface area contributed by atoms with E-state index >= 15 is 0 Å². The largest absolute Gasteiger partial charge is 0.508 e. The van der Waals surface area contributed by atoms with Crippen LogP contribution in [0.3, 0.4) is 0 Å². The molecule has 1 aromatic heterocycles. The summed E-state index contributed by atoms with van der Waals surface area (Å²) in [5.74, 6) is -0.0747. The lowest BCUT2D eigenvalue weighted by atomic mass is 9.79. The number of benzene rings is 1. The van der Waals surface area contributed by atoms with Crippen LogP contribution in [0, 0.1) is 6.92 Å². The molecule has 0 atom stereocenters. The van der Waals surface area contributed by atoms with Gasteiger partial charge in [-0.25, -0.2) is 0 Å². The Labute approximate surface area is 85.4 Å². The molecule has 0 fully saturated rings. The van der Waals surface area contributed by atoms with E-state index in [9.17, 15) is 5.11 Å². The highest BCUT2D eigenvalue weighted by Crippen LogP contribution is 2.26. The molecule has 0 saturated heterocycles. The normalized spacial score (nSPS) is 10.8. The molecule has 0 saturated carbocycles. The van der Waals surface area contributed by atoms with Gasteiger partial charge in [0.2, 0.25) is 0 Å². The van der Waals surface area contributed by atoms with Crippen LogP contribution in [0.15, 0.2) is 17.5 Å². The summed E-state index contributed by atoms with van der Waals surface area (Å²) in [7, 11) is -1.63. The van der Waals surface area contributed by atoms with Gasteiger partial charge in [0.1, 0.15) is 5.75 Å². The maximum atomic E-state index is 9.47. The summed E-state index contributed by atoms with van der Waals surface area (Å²) >= 11 is 1.40. The predicted octanol–water partition coefficient (Wildman–Crippen LogP) is 0.595.